The highest BCUT2D eigenvalue weighted by molar-refractivity contribution is 6.04. The lowest BCUT2D eigenvalue weighted by Crippen LogP contribution is -2.51. The Bertz CT molecular complexity index is 1680. The normalized spacial score (nSPS) is 23.4. The maximum Gasteiger partial charge on any atom is 0.217 e. The van der Waals surface area contributed by atoms with Gasteiger partial charge in [0.1, 0.15) is 24.0 Å². The topological polar surface area (TPSA) is 65.8 Å². The maximum atomic E-state index is 15.1. The number of hydrogen-bond acceptors (Lipinski definition) is 6. The smallest absolute Gasteiger partial charge is 0.217 e. The van der Waals surface area contributed by atoms with Gasteiger partial charge in [-0.05, 0) is 98.6 Å². The first-order chi connectivity index (χ1) is 20.4. The SMILES string of the molecule is CCc1c(F)ccc2cc(O)cc(-c3cc4c(N5CC6CCC(C5)N6)nc(OCC56CCCN5CCC6)cc4n3C)c12. The maximum absolute atomic E-state index is 15.1. The van der Waals surface area contributed by atoms with Crippen molar-refractivity contribution in [3.05, 3.63) is 47.8 Å². The quantitative estimate of drug-likeness (QED) is 0.308. The van der Waals surface area contributed by atoms with E-state index < -0.39 is 0 Å². The van der Waals surface area contributed by atoms with Crippen molar-refractivity contribution >= 4 is 27.5 Å². The summed E-state index contributed by atoms with van der Waals surface area (Å²) in [5, 5.41) is 17.2. The second-order valence-electron chi connectivity index (χ2n) is 13.0. The Morgan fingerprint density at radius 1 is 1.07 bits per heavy atom. The van der Waals surface area contributed by atoms with Crippen molar-refractivity contribution < 1.29 is 14.2 Å². The number of phenols is 1. The summed E-state index contributed by atoms with van der Waals surface area (Å²) in [6.45, 7) is 6.84. The van der Waals surface area contributed by atoms with E-state index in [0.717, 1.165) is 51.8 Å². The molecule has 2 aromatic heterocycles. The number of nitrogens with one attached hydrogen (secondary N) is 1. The molecule has 0 amide bonds. The van der Waals surface area contributed by atoms with Crippen molar-refractivity contribution in [2.24, 2.45) is 7.05 Å². The summed E-state index contributed by atoms with van der Waals surface area (Å²) in [5.74, 6) is 1.60. The van der Waals surface area contributed by atoms with Crippen LogP contribution >= 0.6 is 0 Å². The fourth-order valence-electron chi connectivity index (χ4n) is 8.55. The van der Waals surface area contributed by atoms with Gasteiger partial charge in [-0.15, -0.1) is 0 Å². The van der Waals surface area contributed by atoms with E-state index in [9.17, 15) is 5.11 Å². The third-order valence-electron chi connectivity index (χ3n) is 10.6. The number of ether oxygens (including phenoxy) is 1. The van der Waals surface area contributed by atoms with Crippen LogP contribution in [0.2, 0.25) is 0 Å². The number of aryl methyl sites for hydroxylation is 2. The lowest BCUT2D eigenvalue weighted by molar-refractivity contribution is 0.111. The molecule has 7 nitrogen and oxygen atoms in total. The molecule has 4 aromatic rings. The summed E-state index contributed by atoms with van der Waals surface area (Å²) < 4.78 is 23.8. The van der Waals surface area contributed by atoms with Gasteiger partial charge in [-0.2, -0.15) is 4.98 Å². The Balaban J connectivity index is 1.28. The second kappa shape index (κ2) is 9.85. The van der Waals surface area contributed by atoms with Gasteiger partial charge in [-0.25, -0.2) is 4.39 Å². The molecule has 0 spiro atoms. The Morgan fingerprint density at radius 3 is 2.57 bits per heavy atom. The molecule has 0 aliphatic carbocycles. The van der Waals surface area contributed by atoms with E-state index in [2.05, 4.69) is 38.9 Å². The van der Waals surface area contributed by atoms with Crippen molar-refractivity contribution in [2.75, 3.05) is 37.7 Å². The summed E-state index contributed by atoms with van der Waals surface area (Å²) >= 11 is 0. The molecule has 2 N–H and O–H groups in total. The number of aromatic hydroxyl groups is 1. The fraction of sp³-hybridized carbons (Fsp3) is 0.500. The van der Waals surface area contributed by atoms with Crippen LogP contribution in [0.3, 0.4) is 0 Å². The number of aromatic nitrogens is 2. The summed E-state index contributed by atoms with van der Waals surface area (Å²) in [7, 11) is 2.06. The van der Waals surface area contributed by atoms with Crippen molar-refractivity contribution in [3.63, 3.8) is 0 Å². The Morgan fingerprint density at radius 2 is 1.83 bits per heavy atom. The fourth-order valence-corrected chi connectivity index (χ4v) is 8.55. The minimum Gasteiger partial charge on any atom is -0.508 e. The van der Waals surface area contributed by atoms with Crippen LogP contribution in [0.25, 0.3) is 32.9 Å². The number of hydrogen-bond donors (Lipinski definition) is 2. The minimum absolute atomic E-state index is 0.144. The average molecular weight is 570 g/mol. The molecule has 2 bridgehead atoms. The molecular formula is C34H40FN5O2. The van der Waals surface area contributed by atoms with Gasteiger partial charge >= 0.3 is 0 Å². The number of rotatable bonds is 6. The largest absolute Gasteiger partial charge is 0.508 e. The monoisotopic (exact) mass is 569 g/mol. The lowest BCUT2D eigenvalue weighted by Gasteiger charge is -2.34. The van der Waals surface area contributed by atoms with E-state index in [1.54, 1.807) is 18.2 Å². The molecule has 0 radical (unpaired) electrons. The molecule has 8 rings (SSSR count). The van der Waals surface area contributed by atoms with E-state index in [4.69, 9.17) is 9.72 Å². The number of phenolic OH excluding ortho intramolecular Hbond substituents is 1. The van der Waals surface area contributed by atoms with Crippen LogP contribution in [-0.2, 0) is 13.5 Å². The van der Waals surface area contributed by atoms with E-state index in [0.29, 0.717) is 36.6 Å². The van der Waals surface area contributed by atoms with Crippen LogP contribution in [0.15, 0.2) is 36.4 Å². The zero-order valence-corrected chi connectivity index (χ0v) is 24.6. The highest BCUT2D eigenvalue weighted by Crippen LogP contribution is 2.43. The molecule has 0 saturated carbocycles. The molecule has 4 fully saturated rings. The van der Waals surface area contributed by atoms with Crippen molar-refractivity contribution in [1.82, 2.24) is 19.8 Å². The molecule has 2 atom stereocenters. The van der Waals surface area contributed by atoms with Crippen molar-refractivity contribution in [2.45, 2.75) is 69.5 Å². The highest BCUT2D eigenvalue weighted by atomic mass is 19.1. The summed E-state index contributed by atoms with van der Waals surface area (Å²) in [5.41, 5.74) is 3.62. The summed E-state index contributed by atoms with van der Waals surface area (Å²) in [6.07, 6.45) is 7.82. The van der Waals surface area contributed by atoms with Crippen molar-refractivity contribution in [3.8, 4) is 22.9 Å². The Hall–Kier alpha value is -3.36. The third-order valence-corrected chi connectivity index (χ3v) is 10.6. The van der Waals surface area contributed by atoms with Crippen molar-refractivity contribution in [1.29, 1.82) is 0 Å². The van der Waals surface area contributed by atoms with Gasteiger partial charge in [-0.3, -0.25) is 4.90 Å². The van der Waals surface area contributed by atoms with Crippen LogP contribution in [-0.4, -0.2) is 70.0 Å². The summed E-state index contributed by atoms with van der Waals surface area (Å²) in [4.78, 5) is 10.3. The zero-order valence-electron chi connectivity index (χ0n) is 24.6. The van der Waals surface area contributed by atoms with Gasteiger partial charge in [0.25, 0.3) is 0 Å². The third kappa shape index (κ3) is 4.09. The van der Waals surface area contributed by atoms with E-state index in [-0.39, 0.29) is 17.1 Å². The molecule has 42 heavy (non-hydrogen) atoms. The molecule has 4 aliphatic rings. The predicted octanol–water partition coefficient (Wildman–Crippen LogP) is 5.75. The predicted molar refractivity (Wildman–Crippen MR) is 165 cm³/mol. The van der Waals surface area contributed by atoms with Crippen LogP contribution in [0.5, 0.6) is 11.6 Å². The Labute approximate surface area is 246 Å². The number of anilines is 1. The van der Waals surface area contributed by atoms with Gasteiger partial charge < -0.3 is 24.6 Å². The molecular weight excluding hydrogens is 529 g/mol. The molecule has 4 aliphatic heterocycles. The minimum atomic E-state index is -0.211. The molecule has 4 saturated heterocycles. The summed E-state index contributed by atoms with van der Waals surface area (Å²) in [6, 6.07) is 12.0. The number of halogens is 1. The second-order valence-corrected chi connectivity index (χ2v) is 13.0. The number of fused-ring (bicyclic) bond motifs is 5. The lowest BCUT2D eigenvalue weighted by atomic mass is 9.95. The first-order valence-electron chi connectivity index (χ1n) is 15.8. The molecule has 6 heterocycles. The number of piperazine rings is 1. The van der Waals surface area contributed by atoms with E-state index in [1.165, 1.54) is 57.7 Å². The molecule has 8 heteroatoms. The Kier molecular flexibility index (Phi) is 6.16. The average Bonchev–Trinajstić information content (AvgIpc) is 3.74. The first-order valence-corrected chi connectivity index (χ1v) is 15.8. The van der Waals surface area contributed by atoms with E-state index in [1.807, 2.05) is 6.92 Å². The van der Waals surface area contributed by atoms with Crippen LogP contribution < -0.4 is 15.0 Å². The number of nitrogens with zero attached hydrogens (tertiary/aromatic N) is 4. The standard InChI is InChI=1S/C34H40FN5O2/c1-3-25-28(35)9-6-21-14-24(41)15-26(32(21)25)29-16-27-30(38(29)2)17-31(42-20-34-10-4-12-40(34)13-5-11-34)37-33(27)39-18-22-7-8-23(19-39)36-22/h6,9,14-17,22-23,36,41H,3-5,7-8,10-13,18-20H2,1-2H3. The van der Waals surface area contributed by atoms with Gasteiger partial charge in [0, 0.05) is 54.9 Å². The van der Waals surface area contributed by atoms with Gasteiger partial charge in [0.2, 0.25) is 5.88 Å². The molecule has 220 valence electrons. The zero-order chi connectivity index (χ0) is 28.6. The van der Waals surface area contributed by atoms with Gasteiger partial charge in [0.15, 0.2) is 0 Å². The van der Waals surface area contributed by atoms with Gasteiger partial charge in [-0.1, -0.05) is 13.0 Å². The van der Waals surface area contributed by atoms with Crippen LogP contribution in [0, 0.1) is 5.82 Å². The highest BCUT2D eigenvalue weighted by Gasteiger charge is 2.45. The van der Waals surface area contributed by atoms with Crippen LogP contribution in [0.1, 0.15) is 51.0 Å². The van der Waals surface area contributed by atoms with E-state index >= 15 is 4.39 Å². The molecule has 2 unspecified atom stereocenters. The number of benzene rings is 2. The number of pyridine rings is 1. The van der Waals surface area contributed by atoms with Crippen LogP contribution in [0.4, 0.5) is 10.2 Å². The van der Waals surface area contributed by atoms with Gasteiger partial charge in [0.05, 0.1) is 11.1 Å². The molecule has 2 aromatic carbocycles. The first kappa shape index (κ1) is 26.3.